The van der Waals surface area contributed by atoms with Crippen LogP contribution in [0.2, 0.25) is 0 Å². The van der Waals surface area contributed by atoms with Gasteiger partial charge in [0, 0.05) is 48.8 Å². The van der Waals surface area contributed by atoms with Gasteiger partial charge in [0.15, 0.2) is 0 Å². The summed E-state index contributed by atoms with van der Waals surface area (Å²) in [5, 5.41) is 2.97. The molecule has 0 aliphatic carbocycles. The van der Waals surface area contributed by atoms with Crippen molar-refractivity contribution in [2.24, 2.45) is 5.92 Å². The molecule has 1 N–H and O–H groups in total. The second-order valence-corrected chi connectivity index (χ2v) is 8.71. The van der Waals surface area contributed by atoms with E-state index in [-0.39, 0.29) is 24.2 Å². The van der Waals surface area contributed by atoms with Gasteiger partial charge in [0.25, 0.3) is 0 Å². The van der Waals surface area contributed by atoms with Crippen LogP contribution in [0.5, 0.6) is 0 Å². The summed E-state index contributed by atoms with van der Waals surface area (Å²) in [6.45, 7) is 7.79. The molecule has 0 radical (unpaired) electrons. The van der Waals surface area contributed by atoms with E-state index in [0.29, 0.717) is 24.7 Å². The lowest BCUT2D eigenvalue weighted by molar-refractivity contribution is -0.128. The van der Waals surface area contributed by atoms with Crippen LogP contribution in [0.1, 0.15) is 30.3 Å². The molecule has 1 aliphatic heterocycles. The zero-order chi connectivity index (χ0) is 24.1. The van der Waals surface area contributed by atoms with E-state index in [0.717, 1.165) is 30.0 Å². The van der Waals surface area contributed by atoms with Crippen LogP contribution in [0.25, 0.3) is 0 Å². The fraction of sp³-hybridized carbons (Fsp3) is 0.333. The first-order valence-electron chi connectivity index (χ1n) is 11.8. The molecule has 7 heteroatoms. The first-order valence-corrected chi connectivity index (χ1v) is 11.8. The Kier molecular flexibility index (Phi) is 7.21. The molecule has 4 rings (SSSR count). The van der Waals surface area contributed by atoms with Crippen LogP contribution in [0, 0.1) is 19.8 Å². The summed E-state index contributed by atoms with van der Waals surface area (Å²) in [5.74, 6) is 0.252. The minimum Gasteiger partial charge on any atom is -0.342 e. The third-order valence-corrected chi connectivity index (χ3v) is 6.07. The Balaban J connectivity index is 1.35. The lowest BCUT2D eigenvalue weighted by atomic mass is 10.1. The molecule has 1 unspecified atom stereocenters. The number of amides is 2. The topological polar surface area (TPSA) is 78.4 Å². The zero-order valence-corrected chi connectivity index (χ0v) is 20.0. The van der Waals surface area contributed by atoms with Crippen molar-refractivity contribution >= 4 is 29.1 Å². The van der Waals surface area contributed by atoms with Gasteiger partial charge in [-0.2, -0.15) is 0 Å². The van der Waals surface area contributed by atoms with E-state index in [1.807, 2.05) is 67.3 Å². The Hall–Kier alpha value is -3.74. The lowest BCUT2D eigenvalue weighted by Gasteiger charge is -2.22. The number of anilines is 3. The summed E-state index contributed by atoms with van der Waals surface area (Å²) in [4.78, 5) is 38.2. The average Bonchev–Trinajstić information content (AvgIpc) is 3.20. The van der Waals surface area contributed by atoms with E-state index in [1.165, 1.54) is 5.56 Å². The molecule has 1 fully saturated rings. The van der Waals surface area contributed by atoms with Crippen LogP contribution >= 0.6 is 0 Å². The maximum atomic E-state index is 12.8. The highest BCUT2D eigenvalue weighted by molar-refractivity contribution is 5.97. The van der Waals surface area contributed by atoms with Crippen LogP contribution in [-0.4, -0.2) is 46.3 Å². The molecule has 3 aromatic rings. The molecule has 2 heterocycles. The standard InChI is InChI=1S/C27H31N5O2/c1-4-32(27-28-19(2)16-20(3)29-27)24-12-10-23(11-13-24)30-26(34)22-17-25(33)31(18-22)15-14-21-8-6-5-7-9-21/h5-13,16,22H,4,14-15,17-18H2,1-3H3,(H,30,34). The molecule has 1 aromatic heterocycles. The van der Waals surface area contributed by atoms with Gasteiger partial charge in [-0.3, -0.25) is 9.59 Å². The molecule has 7 nitrogen and oxygen atoms in total. The molecule has 176 valence electrons. The van der Waals surface area contributed by atoms with Crippen LogP contribution in [0.3, 0.4) is 0 Å². The smallest absolute Gasteiger partial charge is 0.230 e. The average molecular weight is 458 g/mol. The van der Waals surface area contributed by atoms with Crippen LogP contribution in [0.15, 0.2) is 60.7 Å². The number of aryl methyl sites for hydroxylation is 2. The van der Waals surface area contributed by atoms with E-state index in [4.69, 9.17) is 0 Å². The van der Waals surface area contributed by atoms with E-state index >= 15 is 0 Å². The Labute approximate surface area is 200 Å². The summed E-state index contributed by atoms with van der Waals surface area (Å²) in [5.41, 5.74) is 4.70. The molecule has 0 saturated carbocycles. The molecule has 2 amide bonds. The van der Waals surface area contributed by atoms with Gasteiger partial charge < -0.3 is 15.1 Å². The highest BCUT2D eigenvalue weighted by Crippen LogP contribution is 2.25. The molecule has 2 aromatic carbocycles. The van der Waals surface area contributed by atoms with Crippen molar-refractivity contribution in [3.05, 3.63) is 77.6 Å². The Bertz CT molecular complexity index is 1130. The predicted octanol–water partition coefficient (Wildman–Crippen LogP) is 4.28. The maximum absolute atomic E-state index is 12.8. The van der Waals surface area contributed by atoms with Gasteiger partial charge in [0.1, 0.15) is 0 Å². The summed E-state index contributed by atoms with van der Waals surface area (Å²) < 4.78 is 0. The van der Waals surface area contributed by atoms with E-state index in [1.54, 1.807) is 4.90 Å². The summed E-state index contributed by atoms with van der Waals surface area (Å²) >= 11 is 0. The van der Waals surface area contributed by atoms with Crippen molar-refractivity contribution in [2.45, 2.75) is 33.6 Å². The Morgan fingerprint density at radius 2 is 1.74 bits per heavy atom. The molecular weight excluding hydrogens is 426 g/mol. The zero-order valence-electron chi connectivity index (χ0n) is 20.0. The monoisotopic (exact) mass is 457 g/mol. The van der Waals surface area contributed by atoms with Crippen molar-refractivity contribution < 1.29 is 9.59 Å². The molecule has 1 aliphatic rings. The molecule has 1 atom stereocenters. The number of benzene rings is 2. The third kappa shape index (κ3) is 5.60. The maximum Gasteiger partial charge on any atom is 0.230 e. The van der Waals surface area contributed by atoms with Crippen molar-refractivity contribution in [3.63, 3.8) is 0 Å². The lowest BCUT2D eigenvalue weighted by Crippen LogP contribution is -2.30. The van der Waals surface area contributed by atoms with Gasteiger partial charge in [0.05, 0.1) is 5.92 Å². The van der Waals surface area contributed by atoms with E-state index < -0.39 is 0 Å². The van der Waals surface area contributed by atoms with Crippen molar-refractivity contribution in [1.29, 1.82) is 0 Å². The molecule has 1 saturated heterocycles. The van der Waals surface area contributed by atoms with Crippen molar-refractivity contribution in [1.82, 2.24) is 14.9 Å². The Morgan fingerprint density at radius 1 is 1.06 bits per heavy atom. The largest absolute Gasteiger partial charge is 0.342 e. The van der Waals surface area contributed by atoms with Crippen LogP contribution in [-0.2, 0) is 16.0 Å². The van der Waals surface area contributed by atoms with E-state index in [9.17, 15) is 9.59 Å². The van der Waals surface area contributed by atoms with E-state index in [2.05, 4.69) is 34.3 Å². The number of nitrogens with one attached hydrogen (secondary N) is 1. The number of hydrogen-bond donors (Lipinski definition) is 1. The van der Waals surface area contributed by atoms with Crippen molar-refractivity contribution in [3.8, 4) is 0 Å². The van der Waals surface area contributed by atoms with Crippen LogP contribution in [0.4, 0.5) is 17.3 Å². The second-order valence-electron chi connectivity index (χ2n) is 8.71. The summed E-state index contributed by atoms with van der Waals surface area (Å²) in [6.07, 6.45) is 1.05. The normalized spacial score (nSPS) is 15.4. The predicted molar refractivity (Wildman–Crippen MR) is 134 cm³/mol. The number of carbonyl (C=O) groups is 2. The third-order valence-electron chi connectivity index (χ3n) is 6.07. The molecule has 34 heavy (non-hydrogen) atoms. The highest BCUT2D eigenvalue weighted by Gasteiger charge is 2.34. The minimum atomic E-state index is -0.334. The molecular formula is C27H31N5O2. The number of likely N-dealkylation sites (tertiary alicyclic amines) is 1. The fourth-order valence-corrected chi connectivity index (χ4v) is 4.31. The number of hydrogen-bond acceptors (Lipinski definition) is 5. The second kappa shape index (κ2) is 10.5. The number of carbonyl (C=O) groups excluding carboxylic acids is 2. The van der Waals surface area contributed by atoms with Crippen LogP contribution < -0.4 is 10.2 Å². The van der Waals surface area contributed by atoms with Gasteiger partial charge in [-0.05, 0) is 63.1 Å². The van der Waals surface area contributed by atoms with Crippen molar-refractivity contribution in [2.75, 3.05) is 29.9 Å². The fourth-order valence-electron chi connectivity index (χ4n) is 4.31. The molecule has 0 spiro atoms. The SMILES string of the molecule is CCN(c1ccc(NC(=O)C2CC(=O)N(CCc3ccccc3)C2)cc1)c1nc(C)cc(C)n1. The number of nitrogens with zero attached hydrogens (tertiary/aromatic N) is 4. The Morgan fingerprint density at radius 3 is 2.38 bits per heavy atom. The van der Waals surface area contributed by atoms with Gasteiger partial charge >= 0.3 is 0 Å². The summed E-state index contributed by atoms with van der Waals surface area (Å²) in [7, 11) is 0. The minimum absolute atomic E-state index is 0.0402. The quantitative estimate of drug-likeness (QED) is 0.546. The number of aromatic nitrogens is 2. The number of rotatable bonds is 8. The highest BCUT2D eigenvalue weighted by atomic mass is 16.2. The first kappa shape index (κ1) is 23.4. The first-order chi connectivity index (χ1) is 16.4. The van der Waals surface area contributed by atoms with Gasteiger partial charge in [0.2, 0.25) is 17.8 Å². The summed E-state index contributed by atoms with van der Waals surface area (Å²) in [6, 6.07) is 19.7. The van der Waals surface area contributed by atoms with Gasteiger partial charge in [-0.15, -0.1) is 0 Å². The van der Waals surface area contributed by atoms with Gasteiger partial charge in [-0.25, -0.2) is 9.97 Å². The molecule has 0 bridgehead atoms. The van der Waals surface area contributed by atoms with Gasteiger partial charge in [-0.1, -0.05) is 30.3 Å².